The van der Waals surface area contributed by atoms with E-state index in [4.69, 9.17) is 0 Å². The van der Waals surface area contributed by atoms with Gasteiger partial charge in [0.25, 0.3) is 0 Å². The molecular formula is C74H56N2. The van der Waals surface area contributed by atoms with Crippen LogP contribution in [-0.2, 0) is 10.8 Å². The number of anilines is 6. The van der Waals surface area contributed by atoms with E-state index in [1.165, 1.54) is 116 Å². The van der Waals surface area contributed by atoms with Gasteiger partial charge in [0, 0.05) is 27.6 Å². The van der Waals surface area contributed by atoms with Crippen molar-refractivity contribution in [2.24, 2.45) is 0 Å². The van der Waals surface area contributed by atoms with Crippen LogP contribution >= 0.6 is 0 Å². The maximum atomic E-state index is 2.59. The monoisotopic (exact) mass is 972 g/mol. The van der Waals surface area contributed by atoms with Crippen LogP contribution in [0.5, 0.6) is 0 Å². The highest BCUT2D eigenvalue weighted by atomic mass is 15.2. The third-order valence-electron chi connectivity index (χ3n) is 16.6. The second-order valence-electron chi connectivity index (χ2n) is 21.7. The van der Waals surface area contributed by atoms with Gasteiger partial charge in [0.1, 0.15) is 0 Å². The Morgan fingerprint density at radius 3 is 1.25 bits per heavy atom. The first-order chi connectivity index (χ1) is 37.2. The van der Waals surface area contributed by atoms with Gasteiger partial charge in [-0.05, 0) is 161 Å². The normalized spacial score (nSPS) is 13.7. The molecule has 12 aromatic rings. The molecule has 0 N–H and O–H groups in total. The summed E-state index contributed by atoms with van der Waals surface area (Å²) in [6.45, 7) is 9.75. The summed E-state index contributed by atoms with van der Waals surface area (Å²) in [7, 11) is 0. The van der Waals surface area contributed by atoms with Gasteiger partial charge in [-0.2, -0.15) is 0 Å². The fraction of sp³-hybridized carbons (Fsp3) is 0.0811. The molecule has 0 atom stereocenters. The van der Waals surface area contributed by atoms with E-state index in [1.54, 1.807) is 0 Å². The Kier molecular flexibility index (Phi) is 10.6. The molecule has 0 spiro atoms. The lowest BCUT2D eigenvalue weighted by Crippen LogP contribution is -2.38. The molecule has 0 radical (unpaired) electrons. The summed E-state index contributed by atoms with van der Waals surface area (Å²) in [6.07, 6.45) is 0. The maximum Gasteiger partial charge on any atom is 0.0544 e. The highest BCUT2D eigenvalue weighted by molar-refractivity contribution is 6.07. The zero-order chi connectivity index (χ0) is 51.1. The number of benzene rings is 12. The van der Waals surface area contributed by atoms with Gasteiger partial charge in [-0.3, -0.25) is 0 Å². The van der Waals surface area contributed by atoms with Crippen LogP contribution in [-0.4, -0.2) is 0 Å². The highest BCUT2D eigenvalue weighted by Gasteiger charge is 2.46. The summed E-state index contributed by atoms with van der Waals surface area (Å²) >= 11 is 0. The van der Waals surface area contributed by atoms with Crippen molar-refractivity contribution in [1.82, 2.24) is 0 Å². The van der Waals surface area contributed by atoms with Gasteiger partial charge in [0.05, 0.1) is 22.7 Å². The summed E-state index contributed by atoms with van der Waals surface area (Å²) in [4.78, 5) is 5.03. The van der Waals surface area contributed by atoms with Gasteiger partial charge in [-0.1, -0.05) is 228 Å². The second-order valence-corrected chi connectivity index (χ2v) is 21.7. The number of hydrogen-bond donors (Lipinski definition) is 0. The van der Waals surface area contributed by atoms with Gasteiger partial charge < -0.3 is 9.80 Å². The van der Waals surface area contributed by atoms with Gasteiger partial charge >= 0.3 is 0 Å². The van der Waals surface area contributed by atoms with E-state index in [0.717, 1.165) is 17.1 Å². The van der Waals surface area contributed by atoms with Crippen molar-refractivity contribution in [3.8, 4) is 55.6 Å². The van der Waals surface area contributed by atoms with Gasteiger partial charge in [0.15, 0.2) is 0 Å². The van der Waals surface area contributed by atoms with Crippen LogP contribution in [0.15, 0.2) is 267 Å². The fourth-order valence-electron chi connectivity index (χ4n) is 12.6. The first-order valence-corrected chi connectivity index (χ1v) is 26.7. The van der Waals surface area contributed by atoms with Crippen molar-refractivity contribution >= 4 is 55.7 Å². The quantitative estimate of drug-likeness (QED) is 0.150. The number of rotatable bonds is 8. The zero-order valence-electron chi connectivity index (χ0n) is 43.3. The van der Waals surface area contributed by atoms with E-state index in [2.05, 4.69) is 304 Å². The predicted octanol–water partition coefficient (Wildman–Crippen LogP) is 20.5. The molecule has 0 aromatic heterocycles. The molecule has 0 bridgehead atoms. The predicted molar refractivity (Wildman–Crippen MR) is 322 cm³/mol. The topological polar surface area (TPSA) is 6.48 Å². The second kappa shape index (κ2) is 17.7. The lowest BCUT2D eigenvalue weighted by atomic mass is 9.65. The van der Waals surface area contributed by atoms with Crippen molar-refractivity contribution in [3.05, 3.63) is 289 Å². The molecule has 76 heavy (non-hydrogen) atoms. The molecule has 0 saturated carbocycles. The van der Waals surface area contributed by atoms with Gasteiger partial charge in [-0.25, -0.2) is 0 Å². The average Bonchev–Trinajstić information content (AvgIpc) is 3.50. The minimum Gasteiger partial charge on any atom is -0.310 e. The molecule has 12 aromatic carbocycles. The van der Waals surface area contributed by atoms with Gasteiger partial charge in [-0.15, -0.1) is 0 Å². The molecule has 0 unspecified atom stereocenters. The Balaban J connectivity index is 0.956. The summed E-state index contributed by atoms with van der Waals surface area (Å²) in [6, 6.07) is 98.9. The van der Waals surface area contributed by atoms with Crippen molar-refractivity contribution in [1.29, 1.82) is 0 Å². The Labute approximate surface area is 446 Å². The molecule has 0 amide bonds. The van der Waals surface area contributed by atoms with Crippen LogP contribution < -0.4 is 9.80 Å². The van der Waals surface area contributed by atoms with Crippen LogP contribution in [0.1, 0.15) is 49.9 Å². The highest BCUT2D eigenvalue weighted by Crippen LogP contribution is 2.62. The minimum absolute atomic E-state index is 0.328. The minimum atomic E-state index is -0.328. The third kappa shape index (κ3) is 7.31. The Morgan fingerprint density at radius 1 is 0.289 bits per heavy atom. The number of fused-ring (bicyclic) bond motifs is 6. The largest absolute Gasteiger partial charge is 0.310 e. The van der Waals surface area contributed by atoms with Crippen molar-refractivity contribution in [2.45, 2.75) is 38.5 Å². The van der Waals surface area contributed by atoms with E-state index >= 15 is 0 Å². The van der Waals surface area contributed by atoms with Crippen LogP contribution in [0.3, 0.4) is 0 Å². The van der Waals surface area contributed by atoms with Crippen LogP contribution in [0.2, 0.25) is 0 Å². The number of nitrogens with zero attached hydrogens (tertiary/aromatic N) is 2. The lowest BCUT2D eigenvalue weighted by Gasteiger charge is -2.50. The Bertz CT molecular complexity index is 4060. The molecule has 0 aliphatic carbocycles. The summed E-state index contributed by atoms with van der Waals surface area (Å²) < 4.78 is 0. The molecular weight excluding hydrogens is 917 g/mol. The van der Waals surface area contributed by atoms with E-state index in [1.807, 2.05) is 0 Å². The third-order valence-corrected chi connectivity index (χ3v) is 16.6. The maximum absolute atomic E-state index is 2.59. The molecule has 2 aliphatic heterocycles. The van der Waals surface area contributed by atoms with E-state index < -0.39 is 0 Å². The molecule has 2 aliphatic rings. The summed E-state index contributed by atoms with van der Waals surface area (Å²) in [5, 5.41) is 4.90. The standard InChI is InChI=1S/C74H56N2/c1-73(2)65-45-55(50-21-10-6-11-22-50)37-43-70(65)76-71-44-38-56(51-23-12-7-13-24-51)46-66(71)74(3,4)68-48-57(47-67(73)72(68)76)62-29-17-31-64-63(62)30-18-32-69(64)75(58-39-33-52(34-40-58)49-19-8-5-9-20-49)59-41-35-54(36-42-59)61-28-16-26-53-25-14-15-27-60(53)61/h5-48H,1-4H3. The lowest BCUT2D eigenvalue weighted by molar-refractivity contribution is 0.598. The smallest absolute Gasteiger partial charge is 0.0544 e. The molecule has 362 valence electrons. The molecule has 2 heterocycles. The molecule has 2 nitrogen and oxygen atoms in total. The fourth-order valence-corrected chi connectivity index (χ4v) is 12.6. The van der Waals surface area contributed by atoms with E-state index in [9.17, 15) is 0 Å². The van der Waals surface area contributed by atoms with E-state index in [0.29, 0.717) is 0 Å². The average molecular weight is 973 g/mol. The summed E-state index contributed by atoms with van der Waals surface area (Å²) in [5.74, 6) is 0. The van der Waals surface area contributed by atoms with E-state index in [-0.39, 0.29) is 10.8 Å². The molecule has 0 fully saturated rings. The van der Waals surface area contributed by atoms with Crippen molar-refractivity contribution in [2.75, 3.05) is 9.80 Å². The molecule has 2 heteroatoms. The molecule has 14 rings (SSSR count). The van der Waals surface area contributed by atoms with Crippen LogP contribution in [0, 0.1) is 0 Å². The first kappa shape index (κ1) is 45.4. The molecule has 0 saturated heterocycles. The van der Waals surface area contributed by atoms with Crippen molar-refractivity contribution < 1.29 is 0 Å². The summed E-state index contributed by atoms with van der Waals surface area (Å²) in [5.41, 5.74) is 23.9. The number of hydrogen-bond acceptors (Lipinski definition) is 2. The van der Waals surface area contributed by atoms with Crippen LogP contribution in [0.25, 0.3) is 77.2 Å². The van der Waals surface area contributed by atoms with Crippen LogP contribution in [0.4, 0.5) is 34.1 Å². The van der Waals surface area contributed by atoms with Gasteiger partial charge in [0.2, 0.25) is 0 Å². The SMILES string of the molecule is CC1(C)c2cc(-c3ccccc3)ccc2N2c3ccc(-c4ccccc4)cc3C(C)(C)c3cc(-c4cccc5c(N(c6ccc(-c7ccccc7)cc6)c6ccc(-c7cccc8ccccc78)cc6)cccc45)cc1c32. The first-order valence-electron chi connectivity index (χ1n) is 26.7. The Morgan fingerprint density at radius 2 is 0.684 bits per heavy atom. The Hall–Kier alpha value is -9.24. The zero-order valence-corrected chi connectivity index (χ0v) is 43.3. The van der Waals surface area contributed by atoms with Crippen molar-refractivity contribution in [3.63, 3.8) is 0 Å².